The molecule has 2 rings (SSSR count). The molecule has 0 saturated carbocycles. The van der Waals surface area contributed by atoms with Gasteiger partial charge in [-0.05, 0) is 35.9 Å². The number of nitrogens with two attached hydrogens (primary N) is 1. The summed E-state index contributed by atoms with van der Waals surface area (Å²) < 4.78 is 0. The minimum Gasteiger partial charge on any atom is -0.355 e. The summed E-state index contributed by atoms with van der Waals surface area (Å²) in [4.78, 5) is 34.7. The first-order chi connectivity index (χ1) is 11.5. The number of nitrogens with one attached hydrogen (secondary N) is 3. The fraction of sp³-hybridized carbons (Fsp3) is 0.118. The SMILES string of the molecule is CNC(=O)c1cccc(CNC(=O)c2cccc(NC(N)=O)c2)c1. The van der Waals surface area contributed by atoms with Crippen molar-refractivity contribution < 1.29 is 14.4 Å². The molecule has 2 aromatic carbocycles. The van der Waals surface area contributed by atoms with Crippen molar-refractivity contribution in [2.45, 2.75) is 6.54 Å². The van der Waals surface area contributed by atoms with Gasteiger partial charge in [0, 0.05) is 30.4 Å². The van der Waals surface area contributed by atoms with Crippen LogP contribution in [0, 0.1) is 0 Å². The molecule has 0 radical (unpaired) electrons. The van der Waals surface area contributed by atoms with Crippen LogP contribution in [0.2, 0.25) is 0 Å². The van der Waals surface area contributed by atoms with Gasteiger partial charge in [-0.25, -0.2) is 4.79 Å². The molecule has 0 bridgehead atoms. The van der Waals surface area contributed by atoms with Crippen LogP contribution >= 0.6 is 0 Å². The number of carbonyl (C=O) groups excluding carboxylic acids is 3. The van der Waals surface area contributed by atoms with E-state index >= 15 is 0 Å². The maximum absolute atomic E-state index is 12.2. The minimum atomic E-state index is -0.696. The number of rotatable bonds is 5. The van der Waals surface area contributed by atoms with Gasteiger partial charge in [-0.1, -0.05) is 18.2 Å². The molecule has 24 heavy (non-hydrogen) atoms. The first-order valence-electron chi connectivity index (χ1n) is 7.25. The van der Waals surface area contributed by atoms with E-state index < -0.39 is 6.03 Å². The number of anilines is 1. The molecule has 124 valence electrons. The Hall–Kier alpha value is -3.35. The third-order valence-corrected chi connectivity index (χ3v) is 3.26. The lowest BCUT2D eigenvalue weighted by Crippen LogP contribution is -2.24. The van der Waals surface area contributed by atoms with E-state index in [1.807, 2.05) is 6.07 Å². The molecular weight excluding hydrogens is 308 g/mol. The quantitative estimate of drug-likeness (QED) is 0.667. The van der Waals surface area contributed by atoms with Gasteiger partial charge in [0.05, 0.1) is 0 Å². The van der Waals surface area contributed by atoms with Gasteiger partial charge in [0.2, 0.25) is 0 Å². The van der Waals surface area contributed by atoms with Crippen LogP contribution in [-0.4, -0.2) is 24.9 Å². The van der Waals surface area contributed by atoms with Crippen LogP contribution in [-0.2, 0) is 6.54 Å². The third kappa shape index (κ3) is 4.57. The van der Waals surface area contributed by atoms with Crippen molar-refractivity contribution >= 4 is 23.5 Å². The summed E-state index contributed by atoms with van der Waals surface area (Å²) in [7, 11) is 1.56. The molecule has 0 unspecified atom stereocenters. The van der Waals surface area contributed by atoms with Gasteiger partial charge in [0.25, 0.3) is 11.8 Å². The Labute approximate surface area is 139 Å². The van der Waals surface area contributed by atoms with Gasteiger partial charge in [0.15, 0.2) is 0 Å². The number of hydrogen-bond donors (Lipinski definition) is 4. The molecule has 7 heteroatoms. The molecule has 0 atom stereocenters. The van der Waals surface area contributed by atoms with Crippen molar-refractivity contribution in [3.63, 3.8) is 0 Å². The summed E-state index contributed by atoms with van der Waals surface area (Å²) in [6, 6.07) is 12.7. The van der Waals surface area contributed by atoms with Crippen molar-refractivity contribution in [1.29, 1.82) is 0 Å². The molecule has 0 aliphatic rings. The van der Waals surface area contributed by atoms with Crippen LogP contribution in [0.25, 0.3) is 0 Å². The van der Waals surface area contributed by atoms with Crippen molar-refractivity contribution in [1.82, 2.24) is 10.6 Å². The van der Waals surface area contributed by atoms with Crippen LogP contribution in [0.5, 0.6) is 0 Å². The van der Waals surface area contributed by atoms with E-state index in [2.05, 4.69) is 16.0 Å². The summed E-state index contributed by atoms with van der Waals surface area (Å²) in [5, 5.41) is 7.73. The lowest BCUT2D eigenvalue weighted by molar-refractivity contribution is 0.0948. The fourth-order valence-corrected chi connectivity index (χ4v) is 2.13. The smallest absolute Gasteiger partial charge is 0.316 e. The van der Waals surface area contributed by atoms with Crippen LogP contribution in [0.3, 0.4) is 0 Å². The van der Waals surface area contributed by atoms with Gasteiger partial charge < -0.3 is 21.7 Å². The van der Waals surface area contributed by atoms with Gasteiger partial charge in [0.1, 0.15) is 0 Å². The number of benzene rings is 2. The highest BCUT2D eigenvalue weighted by Gasteiger charge is 2.08. The third-order valence-electron chi connectivity index (χ3n) is 3.26. The molecule has 0 fully saturated rings. The van der Waals surface area contributed by atoms with Gasteiger partial charge >= 0.3 is 6.03 Å². The summed E-state index contributed by atoms with van der Waals surface area (Å²) >= 11 is 0. The molecule has 0 aliphatic carbocycles. The zero-order valence-electron chi connectivity index (χ0n) is 13.1. The lowest BCUT2D eigenvalue weighted by Gasteiger charge is -2.08. The Kier molecular flexibility index (Phi) is 5.51. The largest absolute Gasteiger partial charge is 0.355 e. The second-order valence-corrected chi connectivity index (χ2v) is 5.03. The van der Waals surface area contributed by atoms with E-state index in [-0.39, 0.29) is 18.4 Å². The number of hydrogen-bond acceptors (Lipinski definition) is 3. The second-order valence-electron chi connectivity index (χ2n) is 5.03. The van der Waals surface area contributed by atoms with Gasteiger partial charge in [-0.3, -0.25) is 9.59 Å². The Balaban J connectivity index is 2.03. The highest BCUT2D eigenvalue weighted by Crippen LogP contribution is 2.11. The molecule has 2 aromatic rings. The monoisotopic (exact) mass is 326 g/mol. The first kappa shape index (κ1) is 17.0. The first-order valence-corrected chi connectivity index (χ1v) is 7.25. The van der Waals surface area contributed by atoms with Crippen molar-refractivity contribution in [3.8, 4) is 0 Å². The maximum atomic E-state index is 12.2. The number of carbonyl (C=O) groups is 3. The second kappa shape index (κ2) is 7.77. The molecule has 5 N–H and O–H groups in total. The minimum absolute atomic E-state index is 0.187. The van der Waals surface area contributed by atoms with Gasteiger partial charge in [-0.2, -0.15) is 0 Å². The average molecular weight is 326 g/mol. The number of amides is 4. The summed E-state index contributed by atoms with van der Waals surface area (Å²) in [6.07, 6.45) is 0. The molecule has 0 heterocycles. The number of urea groups is 1. The Morgan fingerprint density at radius 2 is 1.62 bits per heavy atom. The van der Waals surface area contributed by atoms with Crippen molar-refractivity contribution in [2.75, 3.05) is 12.4 Å². The van der Waals surface area contributed by atoms with E-state index in [0.717, 1.165) is 5.56 Å². The van der Waals surface area contributed by atoms with E-state index in [0.29, 0.717) is 16.8 Å². The van der Waals surface area contributed by atoms with Gasteiger partial charge in [-0.15, -0.1) is 0 Å². The van der Waals surface area contributed by atoms with E-state index in [1.54, 1.807) is 43.4 Å². The van der Waals surface area contributed by atoms with E-state index in [1.165, 1.54) is 6.07 Å². The summed E-state index contributed by atoms with van der Waals surface area (Å²) in [5.41, 5.74) is 7.21. The fourth-order valence-electron chi connectivity index (χ4n) is 2.13. The van der Waals surface area contributed by atoms with Crippen molar-refractivity contribution in [3.05, 3.63) is 65.2 Å². The van der Waals surface area contributed by atoms with Crippen molar-refractivity contribution in [2.24, 2.45) is 5.73 Å². The zero-order valence-corrected chi connectivity index (χ0v) is 13.1. The van der Waals surface area contributed by atoms with Crippen LogP contribution in [0.1, 0.15) is 26.3 Å². The Morgan fingerprint density at radius 1 is 0.958 bits per heavy atom. The highest BCUT2D eigenvalue weighted by atomic mass is 16.2. The molecule has 4 amide bonds. The van der Waals surface area contributed by atoms with E-state index in [9.17, 15) is 14.4 Å². The molecule has 0 saturated heterocycles. The number of primary amides is 1. The summed E-state index contributed by atoms with van der Waals surface area (Å²) in [6.45, 7) is 0.275. The average Bonchev–Trinajstić information content (AvgIpc) is 2.59. The molecular formula is C17H18N4O3. The van der Waals surface area contributed by atoms with Crippen LogP contribution in [0.4, 0.5) is 10.5 Å². The molecule has 0 aliphatic heterocycles. The summed E-state index contributed by atoms with van der Waals surface area (Å²) in [5.74, 6) is -0.484. The molecule has 0 aromatic heterocycles. The predicted molar refractivity (Wildman–Crippen MR) is 90.7 cm³/mol. The van der Waals surface area contributed by atoms with Crippen LogP contribution < -0.4 is 21.7 Å². The van der Waals surface area contributed by atoms with Crippen LogP contribution in [0.15, 0.2) is 48.5 Å². The normalized spacial score (nSPS) is 9.88. The molecule has 7 nitrogen and oxygen atoms in total. The highest BCUT2D eigenvalue weighted by molar-refractivity contribution is 5.97. The Morgan fingerprint density at radius 3 is 2.29 bits per heavy atom. The zero-order chi connectivity index (χ0) is 17.5. The molecule has 0 spiro atoms. The topological polar surface area (TPSA) is 113 Å². The standard InChI is InChI=1S/C17H18N4O3/c1-19-15(22)12-5-2-4-11(8-12)10-20-16(23)13-6-3-7-14(9-13)21-17(18)24/h2-9H,10H2,1H3,(H,19,22)(H,20,23)(H3,18,21,24). The Bertz CT molecular complexity index is 774. The maximum Gasteiger partial charge on any atom is 0.316 e. The lowest BCUT2D eigenvalue weighted by atomic mass is 10.1. The van der Waals surface area contributed by atoms with E-state index in [4.69, 9.17) is 5.73 Å². The predicted octanol–water partition coefficient (Wildman–Crippen LogP) is 1.47.